The Labute approximate surface area is 91.3 Å². The predicted octanol–water partition coefficient (Wildman–Crippen LogP) is -3.25. The molecule has 0 radical (unpaired) electrons. The van der Waals surface area contributed by atoms with Crippen LogP contribution in [0.4, 0.5) is 0 Å². The van der Waals surface area contributed by atoms with Crippen LogP contribution in [0.1, 0.15) is 0 Å². The molecule has 0 saturated carbocycles. The van der Waals surface area contributed by atoms with Crippen molar-refractivity contribution >= 4 is 11.6 Å². The molecule has 0 aliphatic heterocycles. The third kappa shape index (κ3) is 3.47. The van der Waals surface area contributed by atoms with Gasteiger partial charge >= 0.3 is 0 Å². The van der Waals surface area contributed by atoms with E-state index in [0.29, 0.717) is 6.08 Å². The van der Waals surface area contributed by atoms with Crippen molar-refractivity contribution in [3.8, 4) is 0 Å². The molecule has 0 heterocycles. The van der Waals surface area contributed by atoms with E-state index >= 15 is 0 Å². The van der Waals surface area contributed by atoms with Crippen molar-refractivity contribution in [1.82, 2.24) is 0 Å². The van der Waals surface area contributed by atoms with E-state index in [9.17, 15) is 19.8 Å². The maximum absolute atomic E-state index is 11.0. The van der Waals surface area contributed by atoms with Crippen LogP contribution in [0.3, 0.4) is 0 Å². The quantitative estimate of drug-likeness (QED) is 0.230. The molecule has 0 aromatic rings. The summed E-state index contributed by atoms with van der Waals surface area (Å²) >= 11 is 0. The molecule has 0 fully saturated rings. The number of carbonyl (C=O) groups is 2. The molecule has 0 rings (SSSR count). The second-order valence-electron chi connectivity index (χ2n) is 3.11. The minimum Gasteiger partial charge on any atom is -0.394 e. The first kappa shape index (κ1) is 14.9. The van der Waals surface area contributed by atoms with Gasteiger partial charge < -0.3 is 25.5 Å². The first-order chi connectivity index (χ1) is 7.36. The zero-order valence-corrected chi connectivity index (χ0v) is 8.35. The van der Waals surface area contributed by atoms with E-state index in [0.717, 1.165) is 0 Å². The normalized spacial score (nSPS) is 18.3. The van der Waals surface area contributed by atoms with E-state index in [1.165, 1.54) is 0 Å². The van der Waals surface area contributed by atoms with Crippen LogP contribution in [0, 0.1) is 0 Å². The lowest BCUT2D eigenvalue weighted by Gasteiger charge is -2.24. The maximum Gasteiger partial charge on any atom is 0.233 e. The summed E-state index contributed by atoms with van der Waals surface area (Å²) in [6.07, 6.45) is -7.27. The Hall–Kier alpha value is -1.12. The summed E-state index contributed by atoms with van der Waals surface area (Å²) in [5.74, 6) is -2.48. The third-order valence-electron chi connectivity index (χ3n) is 1.95. The lowest BCUT2D eigenvalue weighted by Crippen LogP contribution is -2.49. The molecule has 16 heavy (non-hydrogen) atoms. The predicted molar refractivity (Wildman–Crippen MR) is 51.3 cm³/mol. The average molecular weight is 234 g/mol. The van der Waals surface area contributed by atoms with Gasteiger partial charge in [0.1, 0.15) is 24.4 Å². The van der Waals surface area contributed by atoms with Crippen LogP contribution in [0.2, 0.25) is 0 Å². The largest absolute Gasteiger partial charge is 0.394 e. The molecule has 0 spiro atoms. The number of ketones is 2. The topological polar surface area (TPSA) is 135 Å². The molecule has 0 unspecified atom stereocenters. The third-order valence-corrected chi connectivity index (χ3v) is 1.95. The van der Waals surface area contributed by atoms with Crippen molar-refractivity contribution in [3.63, 3.8) is 0 Å². The van der Waals surface area contributed by atoms with Crippen LogP contribution < -0.4 is 0 Å². The molecule has 0 aliphatic rings. The Morgan fingerprint density at radius 3 is 2.00 bits per heavy atom. The molecule has 0 amide bonds. The Morgan fingerprint density at radius 1 is 1.12 bits per heavy atom. The lowest BCUT2D eigenvalue weighted by atomic mass is 9.98. The van der Waals surface area contributed by atoms with E-state index in [1.807, 2.05) is 0 Å². The fourth-order valence-electron chi connectivity index (χ4n) is 0.924. The van der Waals surface area contributed by atoms with Gasteiger partial charge in [-0.2, -0.15) is 0 Å². The summed E-state index contributed by atoms with van der Waals surface area (Å²) in [4.78, 5) is 21.8. The number of aliphatic hydroxyl groups is 5. The SMILES string of the molecule is C=CC(=O)C(=O)[C@H](O)[C@@H](O)[C@H](O)[C@H](O)CO. The number of Topliss-reactive ketones (excluding diaryl/α,β-unsaturated/α-hetero) is 1. The van der Waals surface area contributed by atoms with Crippen LogP contribution in [-0.4, -0.2) is 68.1 Å². The number of allylic oxidation sites excluding steroid dienone is 1. The molecule has 7 heteroatoms. The molecule has 0 aromatic heterocycles. The smallest absolute Gasteiger partial charge is 0.233 e. The maximum atomic E-state index is 11.0. The van der Waals surface area contributed by atoms with Gasteiger partial charge in [-0.05, 0) is 6.08 Å². The van der Waals surface area contributed by atoms with Crippen molar-refractivity contribution in [2.75, 3.05) is 6.61 Å². The highest BCUT2D eigenvalue weighted by molar-refractivity contribution is 6.43. The highest BCUT2D eigenvalue weighted by atomic mass is 16.4. The monoisotopic (exact) mass is 234 g/mol. The van der Waals surface area contributed by atoms with Crippen LogP contribution in [0.5, 0.6) is 0 Å². The van der Waals surface area contributed by atoms with Gasteiger partial charge in [-0.25, -0.2) is 0 Å². The molecule has 0 saturated heterocycles. The standard InChI is InChI=1S/C9H14O7/c1-2-4(11)6(13)8(15)9(16)7(14)5(12)3-10/h2,5,7-10,12,14-16H,1,3H2/t5-,7-,8+,9+/m1/s1. The van der Waals surface area contributed by atoms with Crippen LogP contribution in [-0.2, 0) is 9.59 Å². The number of hydrogen-bond donors (Lipinski definition) is 5. The fourth-order valence-corrected chi connectivity index (χ4v) is 0.924. The molecular weight excluding hydrogens is 220 g/mol. The van der Waals surface area contributed by atoms with Gasteiger partial charge in [0.2, 0.25) is 11.6 Å². The van der Waals surface area contributed by atoms with E-state index in [-0.39, 0.29) is 0 Å². The minimum absolute atomic E-state index is 0.646. The fraction of sp³-hybridized carbons (Fsp3) is 0.556. The Morgan fingerprint density at radius 2 is 1.62 bits per heavy atom. The van der Waals surface area contributed by atoms with Gasteiger partial charge in [-0.3, -0.25) is 9.59 Å². The van der Waals surface area contributed by atoms with Crippen molar-refractivity contribution < 1.29 is 35.1 Å². The van der Waals surface area contributed by atoms with E-state index in [2.05, 4.69) is 6.58 Å². The number of rotatable bonds is 7. The van der Waals surface area contributed by atoms with Gasteiger partial charge in [0, 0.05) is 0 Å². The first-order valence-corrected chi connectivity index (χ1v) is 4.40. The summed E-state index contributed by atoms with van der Waals surface area (Å²) in [6, 6.07) is 0. The van der Waals surface area contributed by atoms with Gasteiger partial charge in [0.15, 0.2) is 0 Å². The summed E-state index contributed by atoms with van der Waals surface area (Å²) < 4.78 is 0. The van der Waals surface area contributed by atoms with Crippen LogP contribution in [0.15, 0.2) is 12.7 Å². The zero-order valence-electron chi connectivity index (χ0n) is 8.35. The molecule has 7 nitrogen and oxygen atoms in total. The molecule has 4 atom stereocenters. The Balaban J connectivity index is 4.60. The lowest BCUT2D eigenvalue weighted by molar-refractivity contribution is -0.152. The van der Waals surface area contributed by atoms with Crippen molar-refractivity contribution in [1.29, 1.82) is 0 Å². The van der Waals surface area contributed by atoms with Crippen molar-refractivity contribution in [2.24, 2.45) is 0 Å². The van der Waals surface area contributed by atoms with Gasteiger partial charge in [-0.1, -0.05) is 6.58 Å². The summed E-state index contributed by atoms with van der Waals surface area (Å²) in [5.41, 5.74) is 0. The average Bonchev–Trinajstić information content (AvgIpc) is 2.32. The molecule has 5 N–H and O–H groups in total. The first-order valence-electron chi connectivity index (χ1n) is 4.40. The summed E-state index contributed by atoms with van der Waals surface area (Å²) in [7, 11) is 0. The highest BCUT2D eigenvalue weighted by Gasteiger charge is 2.35. The Bertz CT molecular complexity index is 275. The molecule has 0 bridgehead atoms. The van der Waals surface area contributed by atoms with Crippen molar-refractivity contribution in [2.45, 2.75) is 24.4 Å². The van der Waals surface area contributed by atoms with E-state index in [1.54, 1.807) is 0 Å². The zero-order chi connectivity index (χ0) is 12.9. The molecule has 92 valence electrons. The van der Waals surface area contributed by atoms with Crippen LogP contribution >= 0.6 is 0 Å². The minimum atomic E-state index is -2.18. The van der Waals surface area contributed by atoms with Gasteiger partial charge in [0.25, 0.3) is 0 Å². The second kappa shape index (κ2) is 6.46. The highest BCUT2D eigenvalue weighted by Crippen LogP contribution is 2.06. The van der Waals surface area contributed by atoms with E-state index in [4.69, 9.17) is 15.3 Å². The number of aliphatic hydroxyl groups excluding tert-OH is 5. The summed E-state index contributed by atoms with van der Waals surface area (Å²) in [6.45, 7) is 2.14. The molecular formula is C9H14O7. The second-order valence-corrected chi connectivity index (χ2v) is 3.11. The molecule has 0 aliphatic carbocycles. The number of hydrogen-bond acceptors (Lipinski definition) is 7. The summed E-state index contributed by atoms with van der Waals surface area (Å²) in [5, 5.41) is 45.0. The van der Waals surface area contributed by atoms with Crippen molar-refractivity contribution in [3.05, 3.63) is 12.7 Å². The van der Waals surface area contributed by atoms with Gasteiger partial charge in [0.05, 0.1) is 6.61 Å². The Kier molecular flexibility index (Phi) is 6.01. The molecule has 0 aromatic carbocycles. The van der Waals surface area contributed by atoms with E-state index < -0.39 is 42.6 Å². The van der Waals surface area contributed by atoms with Crippen LogP contribution in [0.25, 0.3) is 0 Å². The number of carbonyl (C=O) groups excluding carboxylic acids is 2. The van der Waals surface area contributed by atoms with Gasteiger partial charge in [-0.15, -0.1) is 0 Å².